The van der Waals surface area contributed by atoms with Crippen molar-refractivity contribution in [1.82, 2.24) is 4.98 Å². The van der Waals surface area contributed by atoms with Gasteiger partial charge in [-0.2, -0.15) is 0 Å². The topological polar surface area (TPSA) is 69.1 Å². The number of carbonyl (C=O) groups excluding carboxylic acids is 1. The van der Waals surface area contributed by atoms with Crippen LogP contribution in [0, 0.1) is 17.8 Å². The second-order valence-electron chi connectivity index (χ2n) is 7.67. The van der Waals surface area contributed by atoms with Gasteiger partial charge in [-0.3, -0.25) is 4.79 Å². The second-order valence-corrected chi connectivity index (χ2v) is 7.67. The molecule has 1 saturated carbocycles. The standard InChI is InChI=1S/C20H26N2O2/c1-13(2)16-7-8-20(3,10-17(16)19(21)23)15-6-4-5-14(9-15)18-11-22-12-24-18/h4-6,9,11-13,16-17H,7-8,10H2,1-3H3,(H2,21,23). The monoisotopic (exact) mass is 326 g/mol. The van der Waals surface area contributed by atoms with Gasteiger partial charge in [-0.05, 0) is 48.1 Å². The van der Waals surface area contributed by atoms with Crippen molar-refractivity contribution in [3.63, 3.8) is 0 Å². The van der Waals surface area contributed by atoms with E-state index in [0.717, 1.165) is 30.6 Å². The molecular formula is C20H26N2O2. The van der Waals surface area contributed by atoms with Crippen molar-refractivity contribution in [3.05, 3.63) is 42.4 Å². The maximum absolute atomic E-state index is 12.0. The average Bonchev–Trinajstić information content (AvgIpc) is 3.09. The molecule has 4 heteroatoms. The van der Waals surface area contributed by atoms with Crippen molar-refractivity contribution in [1.29, 1.82) is 0 Å². The number of carbonyl (C=O) groups is 1. The largest absolute Gasteiger partial charge is 0.444 e. The second kappa shape index (κ2) is 6.42. The summed E-state index contributed by atoms with van der Waals surface area (Å²) in [5, 5.41) is 0. The maximum atomic E-state index is 12.0. The van der Waals surface area contributed by atoms with Crippen LogP contribution in [0.25, 0.3) is 11.3 Å². The third-order valence-electron chi connectivity index (χ3n) is 5.71. The van der Waals surface area contributed by atoms with Crippen molar-refractivity contribution in [2.45, 2.75) is 45.4 Å². The summed E-state index contributed by atoms with van der Waals surface area (Å²) < 4.78 is 5.42. The summed E-state index contributed by atoms with van der Waals surface area (Å²) in [6.45, 7) is 6.63. The Bertz CT molecular complexity index is 708. The zero-order chi connectivity index (χ0) is 17.3. The SMILES string of the molecule is CC(C)C1CCC(C)(c2cccc(-c3cnco3)c2)CC1C(N)=O. The summed E-state index contributed by atoms with van der Waals surface area (Å²) in [6, 6.07) is 8.38. The third-order valence-corrected chi connectivity index (χ3v) is 5.71. The number of aromatic nitrogens is 1. The summed E-state index contributed by atoms with van der Waals surface area (Å²) in [6.07, 6.45) is 6.09. The van der Waals surface area contributed by atoms with Crippen LogP contribution in [0.2, 0.25) is 0 Å². The van der Waals surface area contributed by atoms with E-state index in [1.165, 1.54) is 12.0 Å². The van der Waals surface area contributed by atoms with Crippen LogP contribution in [0.15, 0.2) is 41.3 Å². The molecule has 0 radical (unpaired) electrons. The fourth-order valence-corrected chi connectivity index (χ4v) is 4.20. The van der Waals surface area contributed by atoms with Crippen molar-refractivity contribution in [2.75, 3.05) is 0 Å². The molecule has 24 heavy (non-hydrogen) atoms. The van der Waals surface area contributed by atoms with Gasteiger partial charge in [0, 0.05) is 11.5 Å². The zero-order valence-corrected chi connectivity index (χ0v) is 14.7. The Labute approximate surface area is 143 Å². The van der Waals surface area contributed by atoms with E-state index in [0.29, 0.717) is 11.8 Å². The molecule has 2 aromatic rings. The molecule has 1 heterocycles. The predicted molar refractivity (Wildman–Crippen MR) is 94.2 cm³/mol. The average molecular weight is 326 g/mol. The molecule has 128 valence electrons. The molecular weight excluding hydrogens is 300 g/mol. The molecule has 3 rings (SSSR count). The van der Waals surface area contributed by atoms with E-state index >= 15 is 0 Å². The van der Waals surface area contributed by atoms with Gasteiger partial charge in [-0.25, -0.2) is 4.98 Å². The molecule has 3 unspecified atom stereocenters. The zero-order valence-electron chi connectivity index (χ0n) is 14.7. The molecule has 1 aliphatic carbocycles. The molecule has 1 fully saturated rings. The highest BCUT2D eigenvalue weighted by Crippen LogP contribution is 2.47. The van der Waals surface area contributed by atoms with E-state index in [9.17, 15) is 4.79 Å². The fourth-order valence-electron chi connectivity index (χ4n) is 4.20. The van der Waals surface area contributed by atoms with Gasteiger partial charge >= 0.3 is 0 Å². The van der Waals surface area contributed by atoms with Crippen molar-refractivity contribution >= 4 is 5.91 Å². The molecule has 2 N–H and O–H groups in total. The number of benzene rings is 1. The Morgan fingerprint density at radius 3 is 2.83 bits per heavy atom. The summed E-state index contributed by atoms with van der Waals surface area (Å²) in [7, 11) is 0. The van der Waals surface area contributed by atoms with Crippen LogP contribution in [0.1, 0.15) is 45.6 Å². The van der Waals surface area contributed by atoms with Crippen LogP contribution in [0.3, 0.4) is 0 Å². The quantitative estimate of drug-likeness (QED) is 0.917. The molecule has 0 aliphatic heterocycles. The van der Waals surface area contributed by atoms with Gasteiger partial charge in [0.25, 0.3) is 0 Å². The lowest BCUT2D eigenvalue weighted by molar-refractivity contribution is -0.126. The number of nitrogens with two attached hydrogens (primary N) is 1. The molecule has 1 aromatic heterocycles. The molecule has 1 aromatic carbocycles. The van der Waals surface area contributed by atoms with E-state index in [1.807, 2.05) is 12.1 Å². The van der Waals surface area contributed by atoms with Gasteiger partial charge in [0.15, 0.2) is 12.2 Å². The Kier molecular flexibility index (Phi) is 4.48. The predicted octanol–water partition coefficient (Wildman–Crippen LogP) is 4.16. The number of hydrogen-bond acceptors (Lipinski definition) is 3. The molecule has 4 nitrogen and oxygen atoms in total. The first-order valence-corrected chi connectivity index (χ1v) is 8.69. The van der Waals surface area contributed by atoms with Crippen LogP contribution in [0.4, 0.5) is 0 Å². The molecule has 0 spiro atoms. The van der Waals surface area contributed by atoms with Gasteiger partial charge < -0.3 is 10.2 Å². The molecule has 3 atom stereocenters. The molecule has 0 saturated heterocycles. The highest BCUT2D eigenvalue weighted by Gasteiger charge is 2.42. The minimum absolute atomic E-state index is 0.0406. The van der Waals surface area contributed by atoms with Crippen molar-refractivity contribution < 1.29 is 9.21 Å². The Morgan fingerprint density at radius 2 is 2.21 bits per heavy atom. The van der Waals surface area contributed by atoms with Gasteiger partial charge in [-0.15, -0.1) is 0 Å². The first kappa shape index (κ1) is 16.7. The van der Waals surface area contributed by atoms with E-state index < -0.39 is 0 Å². The van der Waals surface area contributed by atoms with Crippen LogP contribution in [0.5, 0.6) is 0 Å². The van der Waals surface area contributed by atoms with Crippen LogP contribution in [-0.2, 0) is 10.2 Å². The van der Waals surface area contributed by atoms with Crippen molar-refractivity contribution in [3.8, 4) is 11.3 Å². The molecule has 1 aliphatic rings. The Balaban J connectivity index is 1.91. The lowest BCUT2D eigenvalue weighted by Crippen LogP contribution is -2.43. The van der Waals surface area contributed by atoms with Crippen molar-refractivity contribution in [2.24, 2.45) is 23.5 Å². The maximum Gasteiger partial charge on any atom is 0.220 e. The van der Waals surface area contributed by atoms with E-state index in [1.54, 1.807) is 6.20 Å². The minimum Gasteiger partial charge on any atom is -0.444 e. The van der Waals surface area contributed by atoms with E-state index in [2.05, 4.69) is 37.9 Å². The minimum atomic E-state index is -0.161. The van der Waals surface area contributed by atoms with Gasteiger partial charge in [0.2, 0.25) is 5.91 Å². The number of nitrogens with zero attached hydrogens (tertiary/aromatic N) is 1. The Hall–Kier alpha value is -2.10. The summed E-state index contributed by atoms with van der Waals surface area (Å²) >= 11 is 0. The van der Waals surface area contributed by atoms with Gasteiger partial charge in [0.05, 0.1) is 6.20 Å². The highest BCUT2D eigenvalue weighted by atomic mass is 16.3. The first-order chi connectivity index (χ1) is 11.4. The Morgan fingerprint density at radius 1 is 1.42 bits per heavy atom. The van der Waals surface area contributed by atoms with Gasteiger partial charge in [-0.1, -0.05) is 39.0 Å². The lowest BCUT2D eigenvalue weighted by Gasteiger charge is -2.43. The van der Waals surface area contributed by atoms with E-state index in [4.69, 9.17) is 10.2 Å². The summed E-state index contributed by atoms with van der Waals surface area (Å²) in [5.41, 5.74) is 7.96. The number of hydrogen-bond donors (Lipinski definition) is 1. The number of oxazole rings is 1. The lowest BCUT2D eigenvalue weighted by atomic mass is 9.61. The van der Waals surface area contributed by atoms with Crippen LogP contribution >= 0.6 is 0 Å². The third kappa shape index (κ3) is 3.10. The van der Waals surface area contributed by atoms with Crippen LogP contribution in [-0.4, -0.2) is 10.9 Å². The molecule has 0 bridgehead atoms. The van der Waals surface area contributed by atoms with Gasteiger partial charge in [0.1, 0.15) is 0 Å². The first-order valence-electron chi connectivity index (χ1n) is 8.69. The smallest absolute Gasteiger partial charge is 0.220 e. The summed E-state index contributed by atoms with van der Waals surface area (Å²) in [5.74, 6) is 1.41. The number of rotatable bonds is 4. The number of primary amides is 1. The van der Waals surface area contributed by atoms with Crippen LogP contribution < -0.4 is 5.73 Å². The summed E-state index contributed by atoms with van der Waals surface area (Å²) in [4.78, 5) is 16.0. The highest BCUT2D eigenvalue weighted by molar-refractivity contribution is 5.77. The fraction of sp³-hybridized carbons (Fsp3) is 0.500. The number of amides is 1. The molecule has 1 amide bonds. The van der Waals surface area contributed by atoms with E-state index in [-0.39, 0.29) is 17.2 Å². The normalized spacial score (nSPS) is 27.3.